The zero-order chi connectivity index (χ0) is 16.9. The topological polar surface area (TPSA) is 55.4 Å². The highest BCUT2D eigenvalue weighted by atomic mass is 32.2. The number of ether oxygens (including phenoxy) is 1. The Kier molecular flexibility index (Phi) is 5.93. The lowest BCUT2D eigenvalue weighted by molar-refractivity contribution is 0.125. The van der Waals surface area contributed by atoms with Crippen molar-refractivity contribution in [3.05, 3.63) is 64.7 Å². The van der Waals surface area contributed by atoms with E-state index in [1.807, 2.05) is 20.8 Å². The van der Waals surface area contributed by atoms with Gasteiger partial charge in [0, 0.05) is 6.54 Å². The Morgan fingerprint density at radius 2 is 1.61 bits per heavy atom. The Bertz CT molecular complexity index is 752. The van der Waals surface area contributed by atoms with Gasteiger partial charge in [0.1, 0.15) is 0 Å². The molecule has 0 aromatic heterocycles. The summed E-state index contributed by atoms with van der Waals surface area (Å²) in [5.74, 6) is 0. The van der Waals surface area contributed by atoms with Crippen molar-refractivity contribution in [2.75, 3.05) is 13.2 Å². The van der Waals surface area contributed by atoms with E-state index in [1.165, 1.54) is 11.1 Å². The van der Waals surface area contributed by atoms with E-state index in [4.69, 9.17) is 4.74 Å². The molecule has 1 N–H and O–H groups in total. The van der Waals surface area contributed by atoms with Crippen LogP contribution in [0.1, 0.15) is 22.3 Å². The summed E-state index contributed by atoms with van der Waals surface area (Å²) < 4.78 is 32.4. The molecule has 0 radical (unpaired) electrons. The minimum atomic E-state index is -3.47. The zero-order valence-electron chi connectivity index (χ0n) is 13.8. The Balaban J connectivity index is 1.81. The van der Waals surface area contributed by atoms with Crippen LogP contribution in [0.4, 0.5) is 0 Å². The Morgan fingerprint density at radius 1 is 0.957 bits per heavy atom. The van der Waals surface area contributed by atoms with Gasteiger partial charge in [-0.15, -0.1) is 0 Å². The van der Waals surface area contributed by atoms with E-state index in [0.29, 0.717) is 13.2 Å². The van der Waals surface area contributed by atoms with Crippen molar-refractivity contribution < 1.29 is 13.2 Å². The fourth-order valence-corrected chi connectivity index (χ4v) is 3.20. The van der Waals surface area contributed by atoms with Crippen molar-refractivity contribution in [3.8, 4) is 0 Å². The molecule has 2 rings (SSSR count). The van der Waals surface area contributed by atoms with Gasteiger partial charge in [0.15, 0.2) is 0 Å². The maximum atomic E-state index is 12.1. The summed E-state index contributed by atoms with van der Waals surface area (Å²) in [5, 5.41) is 0. The monoisotopic (exact) mass is 333 g/mol. The summed E-state index contributed by atoms with van der Waals surface area (Å²) in [4.78, 5) is 0.276. The lowest BCUT2D eigenvalue weighted by atomic mass is 10.1. The highest BCUT2D eigenvalue weighted by Gasteiger charge is 2.12. The van der Waals surface area contributed by atoms with E-state index in [0.717, 1.165) is 11.1 Å². The first-order valence-electron chi connectivity index (χ1n) is 7.59. The third-order valence-electron chi connectivity index (χ3n) is 3.63. The van der Waals surface area contributed by atoms with E-state index in [-0.39, 0.29) is 11.4 Å². The molecule has 0 amide bonds. The van der Waals surface area contributed by atoms with Crippen molar-refractivity contribution in [2.45, 2.75) is 32.3 Å². The SMILES string of the molecule is Cc1ccc(S(=O)(=O)NCCOCc2cc(C)ccc2C)cc1. The quantitative estimate of drug-likeness (QED) is 0.792. The molecule has 0 atom stereocenters. The van der Waals surface area contributed by atoms with Gasteiger partial charge in [0.2, 0.25) is 10.0 Å². The maximum Gasteiger partial charge on any atom is 0.240 e. The van der Waals surface area contributed by atoms with Crippen molar-refractivity contribution in [2.24, 2.45) is 0 Å². The van der Waals surface area contributed by atoms with Crippen LogP contribution < -0.4 is 4.72 Å². The third kappa shape index (κ3) is 5.16. The summed E-state index contributed by atoms with van der Waals surface area (Å²) in [6.45, 7) is 7.07. The van der Waals surface area contributed by atoms with Crippen LogP contribution in [0.2, 0.25) is 0 Å². The highest BCUT2D eigenvalue weighted by Crippen LogP contribution is 2.12. The molecule has 0 saturated heterocycles. The largest absolute Gasteiger partial charge is 0.375 e. The molecule has 0 aliphatic rings. The molecule has 0 unspecified atom stereocenters. The van der Waals surface area contributed by atoms with Crippen molar-refractivity contribution >= 4 is 10.0 Å². The Morgan fingerprint density at radius 3 is 2.30 bits per heavy atom. The summed E-state index contributed by atoms with van der Waals surface area (Å²) in [6.07, 6.45) is 0. The molecule has 124 valence electrons. The number of benzene rings is 2. The number of rotatable bonds is 7. The Hall–Kier alpha value is -1.69. The summed E-state index contributed by atoms with van der Waals surface area (Å²) in [6, 6.07) is 13.0. The van der Waals surface area contributed by atoms with Gasteiger partial charge >= 0.3 is 0 Å². The van der Waals surface area contributed by atoms with E-state index >= 15 is 0 Å². The van der Waals surface area contributed by atoms with E-state index < -0.39 is 10.0 Å². The molecular weight excluding hydrogens is 310 g/mol. The molecule has 5 heteroatoms. The Labute approximate surface area is 138 Å². The molecule has 0 saturated carbocycles. The first-order valence-corrected chi connectivity index (χ1v) is 9.07. The molecule has 2 aromatic rings. The van der Waals surface area contributed by atoms with Gasteiger partial charge in [-0.2, -0.15) is 0 Å². The standard InChI is InChI=1S/C18H23NO3S/c1-14-5-8-18(9-6-14)23(20,21)19-10-11-22-13-17-12-15(2)4-7-16(17)3/h4-9,12,19H,10-11,13H2,1-3H3. The van der Waals surface area contributed by atoms with Crippen LogP contribution in [-0.4, -0.2) is 21.6 Å². The van der Waals surface area contributed by atoms with Gasteiger partial charge < -0.3 is 4.74 Å². The van der Waals surface area contributed by atoms with Gasteiger partial charge in [-0.05, 0) is 44.0 Å². The third-order valence-corrected chi connectivity index (χ3v) is 5.11. The van der Waals surface area contributed by atoms with Gasteiger partial charge in [-0.1, -0.05) is 41.5 Å². The van der Waals surface area contributed by atoms with Crippen molar-refractivity contribution in [1.82, 2.24) is 4.72 Å². The lowest BCUT2D eigenvalue weighted by Crippen LogP contribution is -2.27. The normalized spacial score (nSPS) is 11.6. The summed E-state index contributed by atoms with van der Waals surface area (Å²) in [7, 11) is -3.47. The van der Waals surface area contributed by atoms with Crippen LogP contribution in [0.3, 0.4) is 0 Å². The number of nitrogens with one attached hydrogen (secondary N) is 1. The van der Waals surface area contributed by atoms with Crippen LogP contribution in [0.5, 0.6) is 0 Å². The number of hydrogen-bond donors (Lipinski definition) is 1. The van der Waals surface area contributed by atoms with Crippen LogP contribution in [0.15, 0.2) is 47.4 Å². The number of aryl methyl sites for hydroxylation is 3. The molecule has 0 bridgehead atoms. The first kappa shape index (κ1) is 17.7. The maximum absolute atomic E-state index is 12.1. The van der Waals surface area contributed by atoms with Crippen LogP contribution >= 0.6 is 0 Å². The molecule has 0 aliphatic heterocycles. The summed E-state index contributed by atoms with van der Waals surface area (Å²) in [5.41, 5.74) is 4.53. The molecule has 0 heterocycles. The molecule has 23 heavy (non-hydrogen) atoms. The molecule has 0 fully saturated rings. The lowest BCUT2D eigenvalue weighted by Gasteiger charge is -2.10. The van der Waals surface area contributed by atoms with Crippen LogP contribution in [-0.2, 0) is 21.4 Å². The molecule has 4 nitrogen and oxygen atoms in total. The second-order valence-corrected chi connectivity index (χ2v) is 7.46. The summed E-state index contributed by atoms with van der Waals surface area (Å²) >= 11 is 0. The molecule has 0 spiro atoms. The van der Waals surface area contributed by atoms with E-state index in [9.17, 15) is 8.42 Å². The van der Waals surface area contributed by atoms with Crippen molar-refractivity contribution in [1.29, 1.82) is 0 Å². The van der Waals surface area contributed by atoms with Crippen LogP contribution in [0, 0.1) is 20.8 Å². The predicted octanol–water partition coefficient (Wildman–Crippen LogP) is 3.11. The fraction of sp³-hybridized carbons (Fsp3) is 0.333. The smallest absolute Gasteiger partial charge is 0.240 e. The van der Waals surface area contributed by atoms with Crippen molar-refractivity contribution in [3.63, 3.8) is 0 Å². The predicted molar refractivity (Wildman–Crippen MR) is 91.9 cm³/mol. The van der Waals surface area contributed by atoms with E-state index in [2.05, 4.69) is 22.9 Å². The molecule has 2 aromatic carbocycles. The first-order chi connectivity index (χ1) is 10.9. The minimum Gasteiger partial charge on any atom is -0.375 e. The molecule has 0 aliphatic carbocycles. The number of sulfonamides is 1. The van der Waals surface area contributed by atoms with Crippen LogP contribution in [0.25, 0.3) is 0 Å². The van der Waals surface area contributed by atoms with Gasteiger partial charge in [-0.3, -0.25) is 0 Å². The zero-order valence-corrected chi connectivity index (χ0v) is 14.6. The average molecular weight is 333 g/mol. The number of hydrogen-bond acceptors (Lipinski definition) is 3. The second kappa shape index (κ2) is 7.73. The van der Waals surface area contributed by atoms with Gasteiger partial charge in [-0.25, -0.2) is 13.1 Å². The fourth-order valence-electron chi connectivity index (χ4n) is 2.19. The van der Waals surface area contributed by atoms with Gasteiger partial charge in [0.05, 0.1) is 18.1 Å². The minimum absolute atomic E-state index is 0.251. The average Bonchev–Trinajstić information content (AvgIpc) is 2.50. The van der Waals surface area contributed by atoms with E-state index in [1.54, 1.807) is 24.3 Å². The molecular formula is C18H23NO3S. The second-order valence-electron chi connectivity index (χ2n) is 5.69. The van der Waals surface area contributed by atoms with Gasteiger partial charge in [0.25, 0.3) is 0 Å². The highest BCUT2D eigenvalue weighted by molar-refractivity contribution is 7.89.